The first-order valence-corrected chi connectivity index (χ1v) is 16.2. The molecule has 42 heavy (non-hydrogen) atoms. The second kappa shape index (κ2) is 11.6. The first-order chi connectivity index (χ1) is 19.8. The molecule has 1 aliphatic heterocycles. The molecule has 3 aliphatic rings. The van der Waals surface area contributed by atoms with E-state index in [0.717, 1.165) is 36.7 Å². The number of benzene rings is 1. The van der Waals surface area contributed by atoms with E-state index in [1.807, 2.05) is 20.8 Å². The zero-order valence-corrected chi connectivity index (χ0v) is 27.0. The highest BCUT2D eigenvalue weighted by atomic mass is 16.5. The van der Waals surface area contributed by atoms with Crippen LogP contribution >= 0.6 is 0 Å². The topological polar surface area (TPSA) is 84.4 Å². The summed E-state index contributed by atoms with van der Waals surface area (Å²) in [7, 11) is 0. The molecule has 7 nitrogen and oxygen atoms in total. The quantitative estimate of drug-likeness (QED) is 0.317. The number of ether oxygens (including phenoxy) is 1. The van der Waals surface area contributed by atoms with Gasteiger partial charge in [-0.3, -0.25) is 4.79 Å². The van der Waals surface area contributed by atoms with Gasteiger partial charge >= 0.3 is 6.03 Å². The maximum absolute atomic E-state index is 13.7. The Morgan fingerprint density at radius 3 is 2.36 bits per heavy atom. The average molecular weight is 577 g/mol. The molecule has 5 rings (SSSR count). The van der Waals surface area contributed by atoms with Crippen LogP contribution in [0.5, 0.6) is 5.75 Å². The molecular formula is C35H52N4O3. The van der Waals surface area contributed by atoms with E-state index in [2.05, 4.69) is 66.4 Å². The number of fused-ring (bicyclic) bond motifs is 2. The molecule has 1 aromatic heterocycles. The number of urea groups is 1. The number of carbonyl (C=O) groups is 2. The zero-order chi connectivity index (χ0) is 30.3. The predicted octanol–water partition coefficient (Wildman–Crippen LogP) is 6.98. The van der Waals surface area contributed by atoms with E-state index in [-0.39, 0.29) is 22.8 Å². The number of nitrogens with one attached hydrogen (secondary N) is 3. The van der Waals surface area contributed by atoms with Crippen LogP contribution in [0.1, 0.15) is 120 Å². The molecule has 0 atom stereocenters. The van der Waals surface area contributed by atoms with Crippen LogP contribution in [-0.2, 0) is 17.4 Å². The summed E-state index contributed by atoms with van der Waals surface area (Å²) in [4.78, 5) is 25.8. The first kappa shape index (κ1) is 30.5. The van der Waals surface area contributed by atoms with Crippen molar-refractivity contribution in [1.82, 2.24) is 20.5 Å². The Bertz CT molecular complexity index is 1310. The predicted molar refractivity (Wildman–Crippen MR) is 170 cm³/mol. The SMILES string of the molecule is CCNC(=O)NC(C)(C)CNC(=O)c1cc(-c2cc(C(C)(C)C)c3c(c2)C2(CCO3)CC2)n(CC2CCCCC2)c1C. The minimum absolute atomic E-state index is 0.0633. The van der Waals surface area contributed by atoms with Crippen molar-refractivity contribution in [2.45, 2.75) is 123 Å². The monoisotopic (exact) mass is 576 g/mol. The van der Waals surface area contributed by atoms with Crippen LogP contribution in [0.2, 0.25) is 0 Å². The van der Waals surface area contributed by atoms with Gasteiger partial charge < -0.3 is 25.3 Å². The molecule has 2 fully saturated rings. The molecular weight excluding hydrogens is 524 g/mol. The highest BCUT2D eigenvalue weighted by Crippen LogP contribution is 2.58. The zero-order valence-electron chi connectivity index (χ0n) is 27.0. The van der Waals surface area contributed by atoms with Gasteiger partial charge in [-0.05, 0) is 94.9 Å². The van der Waals surface area contributed by atoms with Crippen LogP contribution in [0.3, 0.4) is 0 Å². The van der Waals surface area contributed by atoms with Crippen LogP contribution in [0, 0.1) is 12.8 Å². The molecule has 2 aromatic rings. The molecule has 0 saturated heterocycles. The number of hydrogen-bond donors (Lipinski definition) is 3. The summed E-state index contributed by atoms with van der Waals surface area (Å²) >= 11 is 0. The molecule has 0 bridgehead atoms. The van der Waals surface area contributed by atoms with Crippen molar-refractivity contribution in [3.05, 3.63) is 40.6 Å². The van der Waals surface area contributed by atoms with E-state index in [4.69, 9.17) is 4.74 Å². The minimum atomic E-state index is -0.588. The Balaban J connectivity index is 1.52. The van der Waals surface area contributed by atoms with Crippen molar-refractivity contribution >= 4 is 11.9 Å². The third kappa shape index (κ3) is 6.35. The summed E-state index contributed by atoms with van der Waals surface area (Å²) in [5.74, 6) is 1.62. The highest BCUT2D eigenvalue weighted by Gasteiger charge is 2.49. The van der Waals surface area contributed by atoms with Crippen LogP contribution < -0.4 is 20.7 Å². The number of carbonyl (C=O) groups excluding carboxylic acids is 2. The van der Waals surface area contributed by atoms with Crippen LogP contribution in [0.25, 0.3) is 11.3 Å². The molecule has 2 heterocycles. The molecule has 7 heteroatoms. The second-order valence-corrected chi connectivity index (χ2v) is 14.7. The van der Waals surface area contributed by atoms with Crippen molar-refractivity contribution in [2.24, 2.45) is 5.92 Å². The van der Waals surface area contributed by atoms with Gasteiger partial charge in [-0.15, -0.1) is 0 Å². The van der Waals surface area contributed by atoms with Crippen molar-refractivity contribution in [3.8, 4) is 17.0 Å². The fourth-order valence-corrected chi connectivity index (χ4v) is 6.97. The fourth-order valence-electron chi connectivity index (χ4n) is 6.97. The summed E-state index contributed by atoms with van der Waals surface area (Å²) in [6.45, 7) is 17.2. The molecule has 2 aliphatic carbocycles. The number of nitrogens with zero attached hydrogens (tertiary/aromatic N) is 1. The van der Waals surface area contributed by atoms with E-state index >= 15 is 0 Å². The van der Waals surface area contributed by atoms with Gasteiger partial charge in [0.05, 0.1) is 17.7 Å². The smallest absolute Gasteiger partial charge is 0.315 e. The third-order valence-electron chi connectivity index (χ3n) is 9.70. The normalized spacial score (nSPS) is 18.3. The Hall–Kier alpha value is -2.96. The van der Waals surface area contributed by atoms with E-state index in [0.29, 0.717) is 24.6 Å². The molecule has 230 valence electrons. The lowest BCUT2D eigenvalue weighted by Crippen LogP contribution is -2.54. The number of aromatic nitrogens is 1. The van der Waals surface area contributed by atoms with Gasteiger partial charge in [-0.2, -0.15) is 0 Å². The number of hydrogen-bond acceptors (Lipinski definition) is 3. The van der Waals surface area contributed by atoms with Gasteiger partial charge in [-0.25, -0.2) is 4.79 Å². The van der Waals surface area contributed by atoms with Gasteiger partial charge in [-0.1, -0.05) is 40.0 Å². The molecule has 3 amide bonds. The Labute approximate surface area is 252 Å². The molecule has 2 saturated carbocycles. The average Bonchev–Trinajstić information content (AvgIpc) is 3.63. The molecule has 1 spiro atoms. The minimum Gasteiger partial charge on any atom is -0.493 e. The van der Waals surface area contributed by atoms with Gasteiger partial charge in [0.25, 0.3) is 5.91 Å². The van der Waals surface area contributed by atoms with Crippen LogP contribution in [0.15, 0.2) is 18.2 Å². The summed E-state index contributed by atoms with van der Waals surface area (Å²) in [6.07, 6.45) is 9.92. The standard InChI is InChI=1S/C35H52N4O3/c1-8-36-32(41)38-34(6,7)22-37-31(40)26-20-29(39(23(26)2)21-24-12-10-9-11-13-24)25-18-27(33(3,4)5)30-28(19-25)35(14-15-35)16-17-42-30/h18-20,24H,8-17,21-22H2,1-7H3,(H,37,40)(H2,36,38,41). The summed E-state index contributed by atoms with van der Waals surface area (Å²) in [6, 6.07) is 6.58. The Morgan fingerprint density at radius 1 is 1.00 bits per heavy atom. The van der Waals surface area contributed by atoms with Gasteiger partial charge in [0.1, 0.15) is 5.75 Å². The van der Waals surface area contributed by atoms with Crippen molar-refractivity contribution < 1.29 is 14.3 Å². The van der Waals surface area contributed by atoms with Crippen molar-refractivity contribution in [1.29, 1.82) is 0 Å². The molecule has 0 unspecified atom stereocenters. The van der Waals surface area contributed by atoms with Crippen LogP contribution in [0.4, 0.5) is 4.79 Å². The lowest BCUT2D eigenvalue weighted by molar-refractivity contribution is 0.0941. The molecule has 1 aromatic carbocycles. The van der Waals surface area contributed by atoms with E-state index in [1.54, 1.807) is 0 Å². The first-order valence-electron chi connectivity index (χ1n) is 16.2. The van der Waals surface area contributed by atoms with E-state index in [9.17, 15) is 9.59 Å². The maximum Gasteiger partial charge on any atom is 0.315 e. The van der Waals surface area contributed by atoms with Gasteiger partial charge in [0.2, 0.25) is 0 Å². The van der Waals surface area contributed by atoms with Gasteiger partial charge in [0, 0.05) is 47.6 Å². The lowest BCUT2D eigenvalue weighted by Gasteiger charge is -2.33. The highest BCUT2D eigenvalue weighted by molar-refractivity contribution is 5.97. The summed E-state index contributed by atoms with van der Waals surface area (Å²) in [5.41, 5.74) is 6.25. The summed E-state index contributed by atoms with van der Waals surface area (Å²) in [5, 5.41) is 8.84. The number of rotatable bonds is 8. The van der Waals surface area contributed by atoms with E-state index in [1.165, 1.54) is 61.6 Å². The maximum atomic E-state index is 13.7. The molecule has 0 radical (unpaired) electrons. The number of amides is 3. The third-order valence-corrected chi connectivity index (χ3v) is 9.70. The van der Waals surface area contributed by atoms with Crippen molar-refractivity contribution in [3.63, 3.8) is 0 Å². The molecule has 3 N–H and O–H groups in total. The Kier molecular flexibility index (Phi) is 8.43. The second-order valence-electron chi connectivity index (χ2n) is 14.7. The van der Waals surface area contributed by atoms with E-state index < -0.39 is 5.54 Å². The van der Waals surface area contributed by atoms with Gasteiger partial charge in [0.15, 0.2) is 0 Å². The summed E-state index contributed by atoms with van der Waals surface area (Å²) < 4.78 is 8.78. The fraction of sp³-hybridized carbons (Fsp3) is 0.657. The van der Waals surface area contributed by atoms with Crippen LogP contribution in [-0.4, -0.2) is 41.7 Å². The Morgan fingerprint density at radius 2 is 1.71 bits per heavy atom. The largest absolute Gasteiger partial charge is 0.493 e. The van der Waals surface area contributed by atoms with Crippen molar-refractivity contribution in [2.75, 3.05) is 19.7 Å². The lowest BCUT2D eigenvalue weighted by atomic mass is 9.79.